The van der Waals surface area contributed by atoms with Crippen LogP contribution in [0.4, 0.5) is 5.69 Å². The van der Waals surface area contributed by atoms with Crippen molar-refractivity contribution in [1.82, 2.24) is 9.29 Å². The second-order valence-corrected chi connectivity index (χ2v) is 7.56. The van der Waals surface area contributed by atoms with E-state index in [0.29, 0.717) is 10.7 Å². The summed E-state index contributed by atoms with van der Waals surface area (Å²) in [5.74, 6) is -0.416. The summed E-state index contributed by atoms with van der Waals surface area (Å²) < 4.78 is 28.3. The van der Waals surface area contributed by atoms with Crippen LogP contribution in [0, 0.1) is 0 Å². The molecular formula is C17H24ClN3O3S. The van der Waals surface area contributed by atoms with Crippen LogP contribution in [0.15, 0.2) is 41.4 Å². The predicted molar refractivity (Wildman–Crippen MR) is 102 cm³/mol. The number of carbonyl (C=O) groups is 1. The Kier molecular flexibility index (Phi) is 7.66. The van der Waals surface area contributed by atoms with Crippen molar-refractivity contribution in [2.45, 2.75) is 38.6 Å². The second-order valence-electron chi connectivity index (χ2n) is 5.41. The van der Waals surface area contributed by atoms with E-state index in [1.807, 2.05) is 13.8 Å². The number of benzene rings is 1. The van der Waals surface area contributed by atoms with E-state index in [-0.39, 0.29) is 16.6 Å². The molecule has 8 heteroatoms. The zero-order valence-corrected chi connectivity index (χ0v) is 16.6. The van der Waals surface area contributed by atoms with Crippen LogP contribution in [0.3, 0.4) is 0 Å². The van der Waals surface area contributed by atoms with Gasteiger partial charge in [0, 0.05) is 30.0 Å². The van der Waals surface area contributed by atoms with Crippen LogP contribution in [0.25, 0.3) is 0 Å². The van der Waals surface area contributed by atoms with Crippen molar-refractivity contribution < 1.29 is 13.2 Å². The molecule has 0 spiro atoms. The number of rotatable bonds is 5. The van der Waals surface area contributed by atoms with E-state index >= 15 is 0 Å². The van der Waals surface area contributed by atoms with Crippen LogP contribution >= 0.6 is 11.6 Å². The number of hydrogen-bond acceptors (Lipinski definition) is 3. The summed E-state index contributed by atoms with van der Waals surface area (Å²) in [4.78, 5) is 12.4. The summed E-state index contributed by atoms with van der Waals surface area (Å²) in [7, 11) is -2.03. The molecule has 138 valence electrons. The van der Waals surface area contributed by atoms with E-state index in [4.69, 9.17) is 11.6 Å². The quantitative estimate of drug-likeness (QED) is 0.824. The number of anilines is 1. The first-order valence-electron chi connectivity index (χ1n) is 7.94. The Balaban J connectivity index is 0.00000151. The number of halogens is 1. The van der Waals surface area contributed by atoms with Gasteiger partial charge in [0.15, 0.2) is 0 Å². The van der Waals surface area contributed by atoms with Crippen molar-refractivity contribution in [3.8, 4) is 0 Å². The van der Waals surface area contributed by atoms with Crippen LogP contribution in [0.5, 0.6) is 0 Å². The van der Waals surface area contributed by atoms with E-state index in [2.05, 4.69) is 10.0 Å². The molecule has 0 aliphatic carbocycles. The van der Waals surface area contributed by atoms with Crippen LogP contribution in [-0.2, 0) is 17.1 Å². The minimum atomic E-state index is -3.65. The Morgan fingerprint density at radius 3 is 2.40 bits per heavy atom. The van der Waals surface area contributed by atoms with Crippen molar-refractivity contribution in [2.24, 2.45) is 7.05 Å². The van der Waals surface area contributed by atoms with E-state index in [1.165, 1.54) is 16.8 Å². The number of nitrogens with zero attached hydrogens (tertiary/aromatic N) is 1. The molecule has 1 aromatic heterocycles. The van der Waals surface area contributed by atoms with Gasteiger partial charge < -0.3 is 9.88 Å². The van der Waals surface area contributed by atoms with Gasteiger partial charge in [-0.2, -0.15) is 0 Å². The molecule has 1 heterocycles. The summed E-state index contributed by atoms with van der Waals surface area (Å²) in [6.07, 6.45) is 1.40. The third-order valence-corrected chi connectivity index (χ3v) is 4.86. The fourth-order valence-electron chi connectivity index (χ4n) is 2.05. The highest BCUT2D eigenvalue weighted by Crippen LogP contribution is 2.18. The van der Waals surface area contributed by atoms with Crippen LogP contribution in [-0.4, -0.2) is 24.9 Å². The SMILES string of the molecule is CC.CC(C)NS(=O)(=O)c1cc(C(=O)Nc2cccc(Cl)c2)n(C)c1. The number of aromatic nitrogens is 1. The Hall–Kier alpha value is -1.83. The Morgan fingerprint density at radius 1 is 1.20 bits per heavy atom. The van der Waals surface area contributed by atoms with Gasteiger partial charge in [0.25, 0.3) is 5.91 Å². The topological polar surface area (TPSA) is 80.2 Å². The zero-order chi connectivity index (χ0) is 19.2. The highest BCUT2D eigenvalue weighted by Gasteiger charge is 2.21. The molecule has 6 nitrogen and oxygen atoms in total. The standard InChI is InChI=1S/C15H18ClN3O3S.C2H6/c1-10(2)18-23(21,22)13-8-14(19(3)9-13)15(20)17-12-6-4-5-11(16)7-12;1-2/h4-10,18H,1-3H3,(H,17,20);1-2H3. The van der Waals surface area contributed by atoms with Gasteiger partial charge in [0.1, 0.15) is 10.6 Å². The number of aryl methyl sites for hydroxylation is 1. The first-order chi connectivity index (χ1) is 11.7. The van der Waals surface area contributed by atoms with Gasteiger partial charge in [-0.3, -0.25) is 4.79 Å². The van der Waals surface area contributed by atoms with Crippen molar-refractivity contribution in [2.75, 3.05) is 5.32 Å². The largest absolute Gasteiger partial charge is 0.345 e. The molecule has 1 aromatic carbocycles. The van der Waals surface area contributed by atoms with E-state index in [1.54, 1.807) is 45.2 Å². The molecule has 0 radical (unpaired) electrons. The van der Waals surface area contributed by atoms with Crippen LogP contribution in [0.2, 0.25) is 5.02 Å². The van der Waals surface area contributed by atoms with E-state index in [9.17, 15) is 13.2 Å². The van der Waals surface area contributed by atoms with Gasteiger partial charge in [-0.15, -0.1) is 0 Å². The second kappa shape index (κ2) is 9.03. The van der Waals surface area contributed by atoms with Crippen molar-refractivity contribution in [1.29, 1.82) is 0 Å². The maximum absolute atomic E-state index is 12.3. The molecule has 0 unspecified atom stereocenters. The molecule has 0 fully saturated rings. The lowest BCUT2D eigenvalue weighted by atomic mass is 10.3. The molecule has 2 N–H and O–H groups in total. The fourth-order valence-corrected chi connectivity index (χ4v) is 3.56. The molecular weight excluding hydrogens is 362 g/mol. The highest BCUT2D eigenvalue weighted by atomic mass is 35.5. The first-order valence-corrected chi connectivity index (χ1v) is 9.81. The smallest absolute Gasteiger partial charge is 0.272 e. The number of nitrogens with one attached hydrogen (secondary N) is 2. The van der Waals surface area contributed by atoms with E-state index < -0.39 is 15.9 Å². The lowest BCUT2D eigenvalue weighted by molar-refractivity contribution is 0.101. The maximum Gasteiger partial charge on any atom is 0.272 e. The summed E-state index contributed by atoms with van der Waals surface area (Å²) in [6, 6.07) is 7.83. The normalized spacial score (nSPS) is 11.0. The number of carbonyl (C=O) groups excluding carboxylic acids is 1. The van der Waals surface area contributed by atoms with Gasteiger partial charge >= 0.3 is 0 Å². The minimum absolute atomic E-state index is 0.0462. The average molecular weight is 386 g/mol. The summed E-state index contributed by atoms with van der Waals surface area (Å²) in [6.45, 7) is 7.46. The van der Waals surface area contributed by atoms with Crippen LogP contribution < -0.4 is 10.0 Å². The monoisotopic (exact) mass is 385 g/mol. The maximum atomic E-state index is 12.3. The minimum Gasteiger partial charge on any atom is -0.345 e. The molecule has 0 aliphatic heterocycles. The third kappa shape index (κ3) is 5.88. The number of hydrogen-bond donors (Lipinski definition) is 2. The molecule has 25 heavy (non-hydrogen) atoms. The molecule has 2 rings (SSSR count). The van der Waals surface area contributed by atoms with Gasteiger partial charge in [-0.05, 0) is 38.1 Å². The van der Waals surface area contributed by atoms with Crippen molar-refractivity contribution in [3.05, 3.63) is 47.2 Å². The molecule has 1 amide bonds. The van der Waals surface area contributed by atoms with Gasteiger partial charge in [-0.25, -0.2) is 13.1 Å². The molecule has 0 saturated carbocycles. The van der Waals surface area contributed by atoms with Gasteiger partial charge in [0.05, 0.1) is 0 Å². The zero-order valence-electron chi connectivity index (χ0n) is 15.0. The summed E-state index contributed by atoms with van der Waals surface area (Å²) >= 11 is 5.87. The number of amides is 1. The van der Waals surface area contributed by atoms with Crippen LogP contribution in [0.1, 0.15) is 38.2 Å². The Labute approximate surface area is 154 Å². The van der Waals surface area contributed by atoms with Crippen molar-refractivity contribution >= 4 is 33.2 Å². The van der Waals surface area contributed by atoms with Crippen molar-refractivity contribution in [3.63, 3.8) is 0 Å². The average Bonchev–Trinajstić information content (AvgIpc) is 2.91. The lowest BCUT2D eigenvalue weighted by Crippen LogP contribution is -2.29. The Bertz CT molecular complexity index is 829. The molecule has 0 atom stereocenters. The molecule has 2 aromatic rings. The third-order valence-electron chi connectivity index (χ3n) is 3.00. The highest BCUT2D eigenvalue weighted by molar-refractivity contribution is 7.89. The summed E-state index contributed by atoms with van der Waals surface area (Å²) in [5, 5.41) is 3.19. The predicted octanol–water partition coefficient (Wildman–Crippen LogP) is 3.64. The van der Waals surface area contributed by atoms with E-state index in [0.717, 1.165) is 0 Å². The van der Waals surface area contributed by atoms with Gasteiger partial charge in [0.2, 0.25) is 10.0 Å². The molecule has 0 saturated heterocycles. The fraction of sp³-hybridized carbons (Fsp3) is 0.353. The Morgan fingerprint density at radius 2 is 1.84 bits per heavy atom. The summed E-state index contributed by atoms with van der Waals surface area (Å²) in [5.41, 5.74) is 0.766. The lowest BCUT2D eigenvalue weighted by Gasteiger charge is -2.07. The van der Waals surface area contributed by atoms with Gasteiger partial charge in [-0.1, -0.05) is 31.5 Å². The first kappa shape index (κ1) is 21.2. The molecule has 0 bridgehead atoms. The molecule has 0 aliphatic rings. The number of sulfonamides is 1.